The number of aliphatic hydroxyl groups is 1. The summed E-state index contributed by atoms with van der Waals surface area (Å²) in [5, 5.41) is 8.92. The van der Waals surface area contributed by atoms with Crippen LogP contribution in [0.1, 0.15) is 31.2 Å². The van der Waals surface area contributed by atoms with Crippen molar-refractivity contribution in [3.05, 3.63) is 23.8 Å². The molecule has 0 aromatic carbocycles. The van der Waals surface area contributed by atoms with E-state index in [-0.39, 0.29) is 6.61 Å². The van der Waals surface area contributed by atoms with Gasteiger partial charge in [0.25, 0.3) is 0 Å². The minimum atomic E-state index is 0.252. The van der Waals surface area contributed by atoms with E-state index in [4.69, 9.17) is 5.11 Å². The zero-order chi connectivity index (χ0) is 13.7. The largest absolute Gasteiger partial charge is 0.395 e. The highest BCUT2D eigenvalue weighted by molar-refractivity contribution is 5.05. The number of piperazine rings is 1. The van der Waals surface area contributed by atoms with Crippen LogP contribution in [0.15, 0.2) is 12.4 Å². The van der Waals surface area contributed by atoms with Gasteiger partial charge in [0.2, 0.25) is 0 Å². The first-order chi connectivity index (χ1) is 9.19. The molecule has 106 valence electrons. The molecule has 19 heavy (non-hydrogen) atoms. The second-order valence-electron chi connectivity index (χ2n) is 5.43. The third-order valence-electron chi connectivity index (χ3n) is 3.58. The van der Waals surface area contributed by atoms with Crippen molar-refractivity contribution in [1.82, 2.24) is 19.8 Å². The molecule has 1 aliphatic rings. The maximum absolute atomic E-state index is 8.92. The molecule has 0 amide bonds. The average Bonchev–Trinajstić information content (AvgIpc) is 2.42. The molecule has 0 saturated carbocycles. The van der Waals surface area contributed by atoms with Gasteiger partial charge in [0, 0.05) is 45.5 Å². The van der Waals surface area contributed by atoms with Crippen LogP contribution in [0.3, 0.4) is 0 Å². The number of β-amino-alcohol motifs (C(OH)–C–C–N with tert-alkyl or cyclic N) is 1. The Morgan fingerprint density at radius 3 is 2.32 bits per heavy atom. The van der Waals surface area contributed by atoms with Gasteiger partial charge in [-0.1, -0.05) is 13.8 Å². The Morgan fingerprint density at radius 1 is 1.11 bits per heavy atom. The summed E-state index contributed by atoms with van der Waals surface area (Å²) in [6.45, 7) is 10.3. The maximum Gasteiger partial charge on any atom is 0.0727 e. The van der Waals surface area contributed by atoms with Gasteiger partial charge < -0.3 is 5.11 Å². The van der Waals surface area contributed by atoms with Crippen molar-refractivity contribution >= 4 is 0 Å². The van der Waals surface area contributed by atoms with E-state index < -0.39 is 0 Å². The van der Waals surface area contributed by atoms with Gasteiger partial charge in [-0.2, -0.15) is 0 Å². The SMILES string of the molecule is CC(C)c1cnc(CN2CCN(CCO)CC2)cn1. The van der Waals surface area contributed by atoms with Crippen LogP contribution in [-0.2, 0) is 6.54 Å². The van der Waals surface area contributed by atoms with Crippen LogP contribution < -0.4 is 0 Å². The zero-order valence-electron chi connectivity index (χ0n) is 11.9. The lowest BCUT2D eigenvalue weighted by molar-refractivity contribution is 0.107. The highest BCUT2D eigenvalue weighted by Crippen LogP contribution is 2.11. The van der Waals surface area contributed by atoms with E-state index in [1.807, 2.05) is 12.4 Å². The second kappa shape index (κ2) is 6.93. The summed E-state index contributed by atoms with van der Waals surface area (Å²) in [5.74, 6) is 0.434. The van der Waals surface area contributed by atoms with Crippen LogP contribution in [0.4, 0.5) is 0 Å². The molecule has 5 heteroatoms. The molecular formula is C14H24N4O. The first-order valence-corrected chi connectivity index (χ1v) is 7.05. The fourth-order valence-electron chi connectivity index (χ4n) is 2.29. The monoisotopic (exact) mass is 264 g/mol. The van der Waals surface area contributed by atoms with Gasteiger partial charge in [-0.15, -0.1) is 0 Å². The highest BCUT2D eigenvalue weighted by Gasteiger charge is 2.16. The van der Waals surface area contributed by atoms with E-state index in [0.717, 1.165) is 50.7 Å². The number of rotatable bonds is 5. The molecule has 2 rings (SSSR count). The summed E-state index contributed by atoms with van der Waals surface area (Å²) in [6.07, 6.45) is 3.79. The summed E-state index contributed by atoms with van der Waals surface area (Å²) in [7, 11) is 0. The standard InChI is InChI=1S/C14H24N4O/c1-12(2)14-10-15-13(9-16-14)11-18-5-3-17(4-6-18)7-8-19/h9-10,12,19H,3-8,11H2,1-2H3. The molecule has 0 spiro atoms. The van der Waals surface area contributed by atoms with Crippen LogP contribution in [0.5, 0.6) is 0 Å². The Morgan fingerprint density at radius 2 is 1.79 bits per heavy atom. The van der Waals surface area contributed by atoms with E-state index in [9.17, 15) is 0 Å². The predicted octanol–water partition coefficient (Wildman–Crippen LogP) is 0.710. The normalized spacial score (nSPS) is 18.1. The molecular weight excluding hydrogens is 240 g/mol. The van der Waals surface area contributed by atoms with Crippen LogP contribution in [-0.4, -0.2) is 64.2 Å². The van der Waals surface area contributed by atoms with E-state index in [2.05, 4.69) is 33.6 Å². The van der Waals surface area contributed by atoms with Crippen LogP contribution in [0.25, 0.3) is 0 Å². The Bertz CT molecular complexity index is 372. The average molecular weight is 264 g/mol. The molecule has 0 atom stereocenters. The number of hydrogen-bond acceptors (Lipinski definition) is 5. The van der Waals surface area contributed by atoms with Crippen molar-refractivity contribution < 1.29 is 5.11 Å². The quantitative estimate of drug-likeness (QED) is 0.849. The molecule has 0 aliphatic carbocycles. The molecule has 1 fully saturated rings. The molecule has 2 heterocycles. The number of aliphatic hydroxyl groups excluding tert-OH is 1. The van der Waals surface area contributed by atoms with Crippen molar-refractivity contribution in [2.75, 3.05) is 39.3 Å². The molecule has 0 unspecified atom stereocenters. The molecule has 1 aliphatic heterocycles. The number of aromatic nitrogens is 2. The summed E-state index contributed by atoms with van der Waals surface area (Å²) < 4.78 is 0. The van der Waals surface area contributed by atoms with Crippen molar-refractivity contribution in [1.29, 1.82) is 0 Å². The maximum atomic E-state index is 8.92. The van der Waals surface area contributed by atoms with Gasteiger partial charge in [-0.3, -0.25) is 19.8 Å². The summed E-state index contributed by atoms with van der Waals surface area (Å²) in [6, 6.07) is 0. The molecule has 1 aromatic heterocycles. The fourth-order valence-corrected chi connectivity index (χ4v) is 2.29. The second-order valence-corrected chi connectivity index (χ2v) is 5.43. The van der Waals surface area contributed by atoms with Gasteiger partial charge in [0.1, 0.15) is 0 Å². The van der Waals surface area contributed by atoms with Crippen molar-refractivity contribution in [2.45, 2.75) is 26.3 Å². The smallest absolute Gasteiger partial charge is 0.0727 e. The lowest BCUT2D eigenvalue weighted by atomic mass is 10.1. The third kappa shape index (κ3) is 4.23. The zero-order valence-corrected chi connectivity index (χ0v) is 11.9. The predicted molar refractivity (Wildman–Crippen MR) is 74.9 cm³/mol. The summed E-state index contributed by atoms with van der Waals surface area (Å²) >= 11 is 0. The van der Waals surface area contributed by atoms with Gasteiger partial charge in [-0.05, 0) is 5.92 Å². The Kier molecular flexibility index (Phi) is 5.24. The number of nitrogens with zero attached hydrogens (tertiary/aromatic N) is 4. The molecule has 1 saturated heterocycles. The summed E-state index contributed by atoms with van der Waals surface area (Å²) in [5.41, 5.74) is 2.09. The molecule has 1 aromatic rings. The molecule has 1 N–H and O–H groups in total. The Balaban J connectivity index is 1.82. The minimum absolute atomic E-state index is 0.252. The van der Waals surface area contributed by atoms with Gasteiger partial charge in [0.15, 0.2) is 0 Å². The molecule has 5 nitrogen and oxygen atoms in total. The number of hydrogen-bond donors (Lipinski definition) is 1. The third-order valence-corrected chi connectivity index (χ3v) is 3.58. The van der Waals surface area contributed by atoms with E-state index in [0.29, 0.717) is 5.92 Å². The van der Waals surface area contributed by atoms with E-state index >= 15 is 0 Å². The van der Waals surface area contributed by atoms with Crippen LogP contribution in [0, 0.1) is 0 Å². The van der Waals surface area contributed by atoms with Crippen molar-refractivity contribution in [3.63, 3.8) is 0 Å². The first-order valence-electron chi connectivity index (χ1n) is 7.05. The van der Waals surface area contributed by atoms with Gasteiger partial charge in [-0.25, -0.2) is 0 Å². The molecule has 0 bridgehead atoms. The van der Waals surface area contributed by atoms with Crippen molar-refractivity contribution in [3.8, 4) is 0 Å². The van der Waals surface area contributed by atoms with Gasteiger partial charge >= 0.3 is 0 Å². The minimum Gasteiger partial charge on any atom is -0.395 e. The molecule has 0 radical (unpaired) electrons. The topological polar surface area (TPSA) is 52.5 Å². The Hall–Kier alpha value is -1.04. The first kappa shape index (κ1) is 14.4. The van der Waals surface area contributed by atoms with E-state index in [1.54, 1.807) is 0 Å². The van der Waals surface area contributed by atoms with Crippen molar-refractivity contribution in [2.24, 2.45) is 0 Å². The highest BCUT2D eigenvalue weighted by atomic mass is 16.3. The van der Waals surface area contributed by atoms with Gasteiger partial charge in [0.05, 0.1) is 24.2 Å². The Labute approximate surface area is 115 Å². The van der Waals surface area contributed by atoms with Crippen LogP contribution in [0.2, 0.25) is 0 Å². The summed E-state index contributed by atoms with van der Waals surface area (Å²) in [4.78, 5) is 13.6. The van der Waals surface area contributed by atoms with Crippen LogP contribution >= 0.6 is 0 Å². The fraction of sp³-hybridized carbons (Fsp3) is 0.714. The lowest BCUT2D eigenvalue weighted by Crippen LogP contribution is -2.46. The van der Waals surface area contributed by atoms with E-state index in [1.165, 1.54) is 0 Å². The lowest BCUT2D eigenvalue weighted by Gasteiger charge is -2.34.